The second kappa shape index (κ2) is 5.27. The molecule has 0 fully saturated rings. The Morgan fingerprint density at radius 2 is 1.73 bits per heavy atom. The van der Waals surface area contributed by atoms with Gasteiger partial charge in [0.25, 0.3) is 0 Å². The molecule has 1 unspecified atom stereocenters. The minimum Gasteiger partial charge on any atom is -0.393 e. The van der Waals surface area contributed by atoms with Crippen molar-refractivity contribution >= 4 is 10.0 Å². The third kappa shape index (κ3) is 5.49. The largest absolute Gasteiger partial charge is 0.393 e. The van der Waals surface area contributed by atoms with E-state index in [9.17, 15) is 13.5 Å². The van der Waals surface area contributed by atoms with Crippen molar-refractivity contribution in [3.8, 4) is 0 Å². The molecule has 0 aliphatic heterocycles. The molecule has 92 valence electrons. The number of aliphatic hydroxyl groups is 1. The van der Waals surface area contributed by atoms with Crippen molar-refractivity contribution in [2.75, 3.05) is 6.54 Å². The van der Waals surface area contributed by atoms with Gasteiger partial charge in [0.05, 0.1) is 11.4 Å². The van der Waals surface area contributed by atoms with Gasteiger partial charge in [-0.1, -0.05) is 20.8 Å². The predicted molar refractivity (Wildman–Crippen MR) is 62.1 cm³/mol. The summed E-state index contributed by atoms with van der Waals surface area (Å²) < 4.78 is 25.2. The standard InChI is InChI=1S/C10H23NO3S/c1-8(2)15(13,14)11-7-6-9(12)10(3,4)5/h8-9,11-12H,6-7H2,1-5H3. The number of sulfonamides is 1. The maximum absolute atomic E-state index is 11.4. The van der Waals surface area contributed by atoms with E-state index in [1.54, 1.807) is 13.8 Å². The zero-order valence-electron chi connectivity index (χ0n) is 10.2. The minimum atomic E-state index is -3.20. The molecule has 0 amide bonds. The van der Waals surface area contributed by atoms with E-state index < -0.39 is 21.4 Å². The molecule has 2 N–H and O–H groups in total. The van der Waals surface area contributed by atoms with E-state index in [1.165, 1.54) is 0 Å². The minimum absolute atomic E-state index is 0.205. The van der Waals surface area contributed by atoms with Crippen LogP contribution in [0.25, 0.3) is 0 Å². The first kappa shape index (κ1) is 14.9. The fourth-order valence-corrected chi connectivity index (χ4v) is 1.67. The number of hydrogen-bond acceptors (Lipinski definition) is 3. The lowest BCUT2D eigenvalue weighted by Crippen LogP contribution is -2.35. The smallest absolute Gasteiger partial charge is 0.213 e. The first-order valence-electron chi connectivity index (χ1n) is 5.24. The highest BCUT2D eigenvalue weighted by molar-refractivity contribution is 7.90. The molecular formula is C10H23NO3S. The number of rotatable bonds is 5. The number of nitrogens with one attached hydrogen (secondary N) is 1. The quantitative estimate of drug-likeness (QED) is 0.753. The molecule has 0 radical (unpaired) electrons. The van der Waals surface area contributed by atoms with Gasteiger partial charge in [0.1, 0.15) is 0 Å². The average molecular weight is 237 g/mol. The fourth-order valence-electron chi connectivity index (χ4n) is 0.938. The second-order valence-corrected chi connectivity index (χ2v) is 7.48. The van der Waals surface area contributed by atoms with Gasteiger partial charge in [0.15, 0.2) is 0 Å². The Morgan fingerprint density at radius 1 is 1.27 bits per heavy atom. The molecule has 0 spiro atoms. The predicted octanol–water partition coefficient (Wildman–Crippen LogP) is 1.11. The van der Waals surface area contributed by atoms with E-state index in [-0.39, 0.29) is 5.41 Å². The zero-order valence-corrected chi connectivity index (χ0v) is 11.1. The molecule has 0 bridgehead atoms. The third-order valence-electron chi connectivity index (χ3n) is 2.34. The van der Waals surface area contributed by atoms with Crippen molar-refractivity contribution in [2.24, 2.45) is 5.41 Å². The lowest BCUT2D eigenvalue weighted by molar-refractivity contribution is 0.0571. The molecule has 0 aromatic carbocycles. The Hall–Kier alpha value is -0.130. The van der Waals surface area contributed by atoms with Crippen molar-refractivity contribution in [2.45, 2.75) is 52.4 Å². The monoisotopic (exact) mass is 237 g/mol. The summed E-state index contributed by atoms with van der Waals surface area (Å²) in [6.07, 6.45) is -0.0533. The van der Waals surface area contributed by atoms with Crippen molar-refractivity contribution in [3.63, 3.8) is 0 Å². The van der Waals surface area contributed by atoms with Gasteiger partial charge in [-0.2, -0.15) is 0 Å². The number of hydrogen-bond donors (Lipinski definition) is 2. The van der Waals surface area contributed by atoms with Gasteiger partial charge in [-0.25, -0.2) is 13.1 Å². The molecule has 1 atom stereocenters. The summed E-state index contributed by atoms with van der Waals surface area (Å²) in [5.74, 6) is 0. The van der Waals surface area contributed by atoms with Gasteiger partial charge in [-0.05, 0) is 25.7 Å². The third-order valence-corrected chi connectivity index (χ3v) is 4.19. The maximum Gasteiger partial charge on any atom is 0.213 e. The Morgan fingerprint density at radius 3 is 2.07 bits per heavy atom. The van der Waals surface area contributed by atoms with Crippen LogP contribution in [0, 0.1) is 5.41 Å². The fraction of sp³-hybridized carbons (Fsp3) is 1.00. The normalized spacial score (nSPS) is 15.7. The summed E-state index contributed by atoms with van der Waals surface area (Å²) in [6.45, 7) is 9.32. The van der Waals surface area contributed by atoms with Crippen molar-refractivity contribution in [3.05, 3.63) is 0 Å². The molecule has 0 aromatic heterocycles. The van der Waals surface area contributed by atoms with E-state index in [2.05, 4.69) is 4.72 Å². The van der Waals surface area contributed by atoms with Crippen LogP contribution in [0.4, 0.5) is 0 Å². The van der Waals surface area contributed by atoms with E-state index in [0.29, 0.717) is 13.0 Å². The highest BCUT2D eigenvalue weighted by Gasteiger charge is 2.22. The van der Waals surface area contributed by atoms with E-state index in [1.807, 2.05) is 20.8 Å². The first-order chi connectivity index (χ1) is 6.57. The lowest BCUT2D eigenvalue weighted by atomic mass is 9.87. The lowest BCUT2D eigenvalue weighted by Gasteiger charge is -2.25. The van der Waals surface area contributed by atoms with Gasteiger partial charge < -0.3 is 5.11 Å². The van der Waals surface area contributed by atoms with Crippen LogP contribution >= 0.6 is 0 Å². The molecule has 0 saturated heterocycles. The van der Waals surface area contributed by atoms with Crippen molar-refractivity contribution in [1.29, 1.82) is 0 Å². The molecule has 0 heterocycles. The Kier molecular flexibility index (Phi) is 5.23. The Labute approximate surface area is 93.1 Å². The summed E-state index contributed by atoms with van der Waals surface area (Å²) in [5.41, 5.74) is -0.205. The molecule has 0 aromatic rings. The van der Waals surface area contributed by atoms with E-state index >= 15 is 0 Å². The molecule has 5 heteroatoms. The van der Waals surface area contributed by atoms with Crippen LogP contribution in [0.3, 0.4) is 0 Å². The van der Waals surface area contributed by atoms with Crippen LogP contribution in [0.5, 0.6) is 0 Å². The van der Waals surface area contributed by atoms with Gasteiger partial charge in [0.2, 0.25) is 10.0 Å². The molecule has 0 rings (SSSR count). The molecule has 15 heavy (non-hydrogen) atoms. The molecular weight excluding hydrogens is 214 g/mol. The van der Waals surface area contributed by atoms with Gasteiger partial charge in [-0.3, -0.25) is 0 Å². The van der Waals surface area contributed by atoms with Crippen LogP contribution in [-0.4, -0.2) is 31.4 Å². The summed E-state index contributed by atoms with van der Waals surface area (Å²) in [4.78, 5) is 0. The summed E-state index contributed by atoms with van der Waals surface area (Å²) in [7, 11) is -3.20. The van der Waals surface area contributed by atoms with Crippen LogP contribution < -0.4 is 4.72 Å². The van der Waals surface area contributed by atoms with Gasteiger partial charge in [-0.15, -0.1) is 0 Å². The average Bonchev–Trinajstić information content (AvgIpc) is 2.01. The van der Waals surface area contributed by atoms with Crippen LogP contribution in [0.2, 0.25) is 0 Å². The maximum atomic E-state index is 11.4. The zero-order chi connectivity index (χ0) is 12.3. The highest BCUT2D eigenvalue weighted by Crippen LogP contribution is 2.21. The topological polar surface area (TPSA) is 66.4 Å². The highest BCUT2D eigenvalue weighted by atomic mass is 32.2. The van der Waals surface area contributed by atoms with Crippen LogP contribution in [0.15, 0.2) is 0 Å². The summed E-state index contributed by atoms with van der Waals surface area (Å²) in [6, 6.07) is 0. The Balaban J connectivity index is 4.02. The molecule has 0 aliphatic carbocycles. The van der Waals surface area contributed by atoms with Gasteiger partial charge in [0, 0.05) is 6.54 Å². The SMILES string of the molecule is CC(C)S(=O)(=O)NCCC(O)C(C)(C)C. The van der Waals surface area contributed by atoms with Gasteiger partial charge >= 0.3 is 0 Å². The van der Waals surface area contributed by atoms with Crippen molar-refractivity contribution in [1.82, 2.24) is 4.72 Å². The first-order valence-corrected chi connectivity index (χ1v) is 6.78. The second-order valence-electron chi connectivity index (χ2n) is 5.16. The number of aliphatic hydroxyl groups excluding tert-OH is 1. The van der Waals surface area contributed by atoms with Crippen molar-refractivity contribution < 1.29 is 13.5 Å². The molecule has 0 aliphatic rings. The summed E-state index contributed by atoms with van der Waals surface area (Å²) >= 11 is 0. The van der Waals surface area contributed by atoms with E-state index in [4.69, 9.17) is 0 Å². The van der Waals surface area contributed by atoms with E-state index in [0.717, 1.165) is 0 Å². The van der Waals surface area contributed by atoms with Crippen LogP contribution in [-0.2, 0) is 10.0 Å². The summed E-state index contributed by atoms with van der Waals surface area (Å²) in [5, 5.41) is 9.26. The van der Waals surface area contributed by atoms with Crippen LogP contribution in [0.1, 0.15) is 41.0 Å². The Bertz CT molecular complexity index is 278. The molecule has 4 nitrogen and oxygen atoms in total. The molecule has 0 saturated carbocycles.